The molecule has 0 aliphatic carbocycles. The molecule has 4 heterocycles. The molecule has 4 aliphatic heterocycles. The summed E-state index contributed by atoms with van der Waals surface area (Å²) < 4.78 is 46.5. The lowest BCUT2D eigenvalue weighted by atomic mass is 9.76. The molecule has 0 saturated heterocycles. The van der Waals surface area contributed by atoms with Gasteiger partial charge in [-0.25, -0.2) is 0 Å². The van der Waals surface area contributed by atoms with Crippen LogP contribution in [0.3, 0.4) is 0 Å². The summed E-state index contributed by atoms with van der Waals surface area (Å²) in [4.78, 5) is 0. The van der Waals surface area contributed by atoms with Gasteiger partial charge in [0.25, 0.3) is 0 Å². The van der Waals surface area contributed by atoms with Crippen LogP contribution in [0.4, 0.5) is 17.3 Å². The summed E-state index contributed by atoms with van der Waals surface area (Å²) in [5.41, 5.74) is 8.08. The third-order valence-corrected chi connectivity index (χ3v) is 19.3. The highest BCUT2D eigenvalue weighted by Crippen LogP contribution is 2.89. The Bertz CT molecular complexity index is 2440. The topological polar surface area (TPSA) is 9.23 Å². The van der Waals surface area contributed by atoms with Crippen molar-refractivity contribution in [1.82, 2.24) is 0 Å². The summed E-state index contributed by atoms with van der Waals surface area (Å²) in [5, 5.41) is 7.06. The highest BCUT2D eigenvalue weighted by Gasteiger charge is 2.65. The summed E-state index contributed by atoms with van der Waals surface area (Å²) in [6, 6.07) is 59.1. The van der Waals surface area contributed by atoms with E-state index in [9.17, 15) is 17.3 Å². The van der Waals surface area contributed by atoms with Crippen LogP contribution in [-0.2, 0) is 5.41 Å². The lowest BCUT2D eigenvalue weighted by Gasteiger charge is -2.39. The minimum absolute atomic E-state index is 0.194. The van der Waals surface area contributed by atoms with Gasteiger partial charge in [0.2, 0.25) is 0 Å². The highest BCUT2D eigenvalue weighted by atomic mass is 31.2. The van der Waals surface area contributed by atoms with Gasteiger partial charge in [0.05, 0.1) is 5.66 Å². The van der Waals surface area contributed by atoms with E-state index < -0.39 is 22.4 Å². The van der Waals surface area contributed by atoms with Gasteiger partial charge in [0, 0.05) is 33.0 Å². The number of halogens is 4. The van der Waals surface area contributed by atoms with Crippen LogP contribution in [-0.4, -0.2) is 12.9 Å². The van der Waals surface area contributed by atoms with E-state index in [0.29, 0.717) is 0 Å². The Kier molecular flexibility index (Phi) is 8.84. The number of rotatable bonds is 4. The average Bonchev–Trinajstić information content (AvgIpc) is 3.80. The maximum atomic E-state index is 9.75. The normalized spacial score (nSPS) is 20.8. The Balaban J connectivity index is 0.000000748. The molecule has 55 heavy (non-hydrogen) atoms. The molecule has 0 radical (unpaired) electrons. The fraction of sp³-hybridized carbons (Fsp3) is 0.106. The first kappa shape index (κ1) is 35.7. The second kappa shape index (κ2) is 13.6. The van der Waals surface area contributed by atoms with Crippen LogP contribution in [0.1, 0.15) is 52.9 Å². The molecular weight excluding hydrogens is 729 g/mol. The first-order valence-corrected chi connectivity index (χ1v) is 21.7. The Morgan fingerprint density at radius 3 is 1.58 bits per heavy atom. The fourth-order valence-corrected chi connectivity index (χ4v) is 18.6. The van der Waals surface area contributed by atoms with Crippen molar-refractivity contribution in [3.8, 4) is 11.5 Å². The standard InChI is InChI=1S/C47H37OP2.BF4/c1-47(2)36-25-15-27-38-44(36)48-45-37(47)26-16-28-42(45)50(40(33-19-9-4-10-20-33)29-30-41(50)34-21-11-5-12-22-34)43-31-39(32-17-7-3-8-18-32)49(38)46(43)35-23-13-6-14-24-35;2-1(3,4)5/h3-31,43,46H,1-2H3;/q+1;-1/t43?,46-,49?;/m1./s1. The van der Waals surface area contributed by atoms with E-state index in [1.165, 1.54) is 59.9 Å². The molecule has 1 nitrogen and oxygen atoms in total. The quantitative estimate of drug-likeness (QED) is 0.0986. The summed E-state index contributed by atoms with van der Waals surface area (Å²) >= 11 is 0. The van der Waals surface area contributed by atoms with Gasteiger partial charge in [0.1, 0.15) is 34.6 Å². The molecule has 0 fully saturated rings. The number of hydrogen-bond acceptors (Lipinski definition) is 1. The summed E-state index contributed by atoms with van der Waals surface area (Å²) in [6.07, 6.45) is 7.68. The van der Waals surface area contributed by atoms with Crippen LogP contribution < -0.4 is 15.3 Å². The van der Waals surface area contributed by atoms with E-state index in [4.69, 9.17) is 4.74 Å². The Hall–Kier alpha value is -5.02. The predicted octanol–water partition coefficient (Wildman–Crippen LogP) is 13.4. The molecule has 272 valence electrons. The van der Waals surface area contributed by atoms with Gasteiger partial charge in [0.15, 0.2) is 5.75 Å². The predicted molar refractivity (Wildman–Crippen MR) is 225 cm³/mol. The minimum Gasteiger partial charge on any atom is -0.452 e. The van der Waals surface area contributed by atoms with Crippen LogP contribution in [0.5, 0.6) is 11.5 Å². The van der Waals surface area contributed by atoms with Crippen molar-refractivity contribution in [3.05, 3.63) is 209 Å². The largest absolute Gasteiger partial charge is 0.673 e. The Morgan fingerprint density at radius 1 is 0.564 bits per heavy atom. The number of para-hydroxylation sites is 2. The third-order valence-electron chi connectivity index (χ3n) is 11.3. The molecule has 0 amide bonds. The van der Waals surface area contributed by atoms with Crippen molar-refractivity contribution < 1.29 is 22.0 Å². The summed E-state index contributed by atoms with van der Waals surface area (Å²) in [7, 11) is -9.38. The second-order valence-corrected chi connectivity index (χ2v) is 20.5. The first-order valence-electron chi connectivity index (χ1n) is 18.5. The van der Waals surface area contributed by atoms with Crippen LogP contribution in [0.25, 0.3) is 15.9 Å². The smallest absolute Gasteiger partial charge is 0.452 e. The van der Waals surface area contributed by atoms with E-state index in [-0.39, 0.29) is 16.7 Å². The van der Waals surface area contributed by atoms with E-state index in [1.54, 1.807) is 0 Å². The molecule has 1 spiro atoms. The molecule has 2 unspecified atom stereocenters. The molecular formula is C47H37BF4OP2. The molecule has 0 saturated carbocycles. The van der Waals surface area contributed by atoms with E-state index in [2.05, 4.69) is 190 Å². The Labute approximate surface area is 321 Å². The number of fused-ring (bicyclic) bond motifs is 5. The number of ether oxygens (including phenoxy) is 1. The van der Waals surface area contributed by atoms with Crippen molar-refractivity contribution in [2.24, 2.45) is 0 Å². The van der Waals surface area contributed by atoms with Crippen molar-refractivity contribution in [2.45, 2.75) is 30.6 Å². The van der Waals surface area contributed by atoms with Crippen LogP contribution >= 0.6 is 15.2 Å². The molecule has 6 aromatic carbocycles. The zero-order valence-electron chi connectivity index (χ0n) is 30.3. The molecule has 0 aromatic heterocycles. The third kappa shape index (κ3) is 5.85. The van der Waals surface area contributed by atoms with Crippen molar-refractivity contribution >= 4 is 49.0 Å². The molecule has 0 N–H and O–H groups in total. The highest BCUT2D eigenvalue weighted by molar-refractivity contribution is 8.01. The zero-order chi connectivity index (χ0) is 38.0. The van der Waals surface area contributed by atoms with E-state index >= 15 is 0 Å². The Morgan fingerprint density at radius 2 is 1.04 bits per heavy atom. The van der Waals surface area contributed by atoms with E-state index in [0.717, 1.165) is 11.5 Å². The average molecular weight is 767 g/mol. The van der Waals surface area contributed by atoms with Gasteiger partial charge in [-0.05, 0) is 48.7 Å². The van der Waals surface area contributed by atoms with Gasteiger partial charge in [-0.15, -0.1) is 0 Å². The van der Waals surface area contributed by atoms with Crippen molar-refractivity contribution in [3.63, 3.8) is 0 Å². The van der Waals surface area contributed by atoms with Crippen LogP contribution in [0, 0.1) is 0 Å². The van der Waals surface area contributed by atoms with Gasteiger partial charge in [-0.3, -0.25) is 0 Å². The second-order valence-electron chi connectivity index (χ2n) is 14.7. The molecule has 3 atom stereocenters. The van der Waals surface area contributed by atoms with E-state index in [1.807, 2.05) is 0 Å². The first-order chi connectivity index (χ1) is 26.6. The van der Waals surface area contributed by atoms with Crippen LogP contribution in [0.2, 0.25) is 0 Å². The van der Waals surface area contributed by atoms with Crippen molar-refractivity contribution in [1.29, 1.82) is 0 Å². The zero-order valence-corrected chi connectivity index (χ0v) is 32.1. The number of benzene rings is 6. The summed E-state index contributed by atoms with van der Waals surface area (Å²) in [6.45, 7) is 4.79. The number of allylic oxidation sites excluding steroid dienone is 3. The lowest BCUT2D eigenvalue weighted by molar-refractivity contribution is 0.368. The van der Waals surface area contributed by atoms with Gasteiger partial charge >= 0.3 is 7.25 Å². The molecule has 6 aromatic rings. The lowest BCUT2D eigenvalue weighted by Crippen LogP contribution is -2.31. The number of hydrogen-bond donors (Lipinski definition) is 0. The van der Waals surface area contributed by atoms with Gasteiger partial charge < -0.3 is 22.0 Å². The fourth-order valence-electron chi connectivity index (χ4n) is 9.12. The van der Waals surface area contributed by atoms with Crippen LogP contribution in [0.15, 0.2) is 176 Å². The summed E-state index contributed by atoms with van der Waals surface area (Å²) in [5.74, 6) is 2.14. The molecule has 8 heteroatoms. The van der Waals surface area contributed by atoms with Gasteiger partial charge in [-0.2, -0.15) is 0 Å². The minimum atomic E-state index is -6.00. The van der Waals surface area contributed by atoms with Crippen molar-refractivity contribution in [2.75, 3.05) is 0 Å². The molecule has 10 rings (SSSR count). The van der Waals surface area contributed by atoms with Gasteiger partial charge in [-0.1, -0.05) is 166 Å². The SMILES string of the molecule is CC1(C)c2cccc3c2Oc2c1cccc2[P+]1(C(c2ccccc2)=CC=C1c1ccccc1)C1C=C(c2ccccc2)P3[C@@H]1c1ccccc1.F[B-](F)(F)F. The molecule has 4 aliphatic rings. The maximum Gasteiger partial charge on any atom is 0.673 e. The monoisotopic (exact) mass is 766 g/mol. The maximum absolute atomic E-state index is 9.75. The molecule has 4 bridgehead atoms.